The first-order chi connectivity index (χ1) is 8.98. The first-order valence-electron chi connectivity index (χ1n) is 7.47. The van der Waals surface area contributed by atoms with Crippen LogP contribution in [-0.4, -0.2) is 6.54 Å². The van der Waals surface area contributed by atoms with Gasteiger partial charge in [-0.3, -0.25) is 0 Å². The molecule has 1 rings (SSSR count). The predicted molar refractivity (Wildman–Crippen MR) is 80.7 cm³/mol. The van der Waals surface area contributed by atoms with E-state index in [1.165, 1.54) is 18.4 Å². The Morgan fingerprint density at radius 3 is 2.32 bits per heavy atom. The van der Waals surface area contributed by atoms with Crippen LogP contribution in [0.15, 0.2) is 24.3 Å². The summed E-state index contributed by atoms with van der Waals surface area (Å²) in [5, 5.41) is 3.66. The molecule has 0 saturated carbocycles. The molecule has 1 atom stereocenters. The van der Waals surface area contributed by atoms with Crippen molar-refractivity contribution >= 4 is 0 Å². The molecule has 1 aromatic rings. The second-order valence-electron chi connectivity index (χ2n) is 6.15. The van der Waals surface area contributed by atoms with Gasteiger partial charge in [-0.15, -0.1) is 0 Å². The highest BCUT2D eigenvalue weighted by Crippen LogP contribution is 2.24. The first kappa shape index (κ1) is 16.2. The van der Waals surface area contributed by atoms with Crippen LogP contribution in [0.5, 0.6) is 0 Å². The van der Waals surface area contributed by atoms with Crippen LogP contribution in [0.25, 0.3) is 0 Å². The zero-order valence-electron chi connectivity index (χ0n) is 12.8. The van der Waals surface area contributed by atoms with Crippen LogP contribution in [0.1, 0.15) is 65.0 Å². The largest absolute Gasteiger partial charge is 0.309 e. The van der Waals surface area contributed by atoms with Crippen LogP contribution < -0.4 is 5.32 Å². The van der Waals surface area contributed by atoms with Gasteiger partial charge in [0.1, 0.15) is 5.82 Å². The summed E-state index contributed by atoms with van der Waals surface area (Å²) in [6, 6.07) is 7.26. The molecule has 0 fully saturated rings. The second-order valence-corrected chi connectivity index (χ2v) is 6.15. The number of nitrogens with one attached hydrogen (secondary N) is 1. The van der Waals surface area contributed by atoms with Gasteiger partial charge in [-0.05, 0) is 36.0 Å². The van der Waals surface area contributed by atoms with Gasteiger partial charge in [0.05, 0.1) is 0 Å². The lowest BCUT2D eigenvalue weighted by Crippen LogP contribution is -2.32. The van der Waals surface area contributed by atoms with Gasteiger partial charge >= 0.3 is 0 Å². The van der Waals surface area contributed by atoms with Crippen LogP contribution in [0.3, 0.4) is 0 Å². The van der Waals surface area contributed by atoms with E-state index in [0.29, 0.717) is 11.5 Å². The van der Waals surface area contributed by atoms with Gasteiger partial charge in [0.2, 0.25) is 0 Å². The van der Waals surface area contributed by atoms with Gasteiger partial charge in [0.25, 0.3) is 0 Å². The third-order valence-corrected chi connectivity index (χ3v) is 3.90. The van der Waals surface area contributed by atoms with Crippen molar-refractivity contribution < 1.29 is 4.39 Å². The average molecular weight is 265 g/mol. The Morgan fingerprint density at radius 2 is 1.79 bits per heavy atom. The van der Waals surface area contributed by atoms with E-state index in [1.807, 2.05) is 12.1 Å². The van der Waals surface area contributed by atoms with Gasteiger partial charge < -0.3 is 5.32 Å². The van der Waals surface area contributed by atoms with Gasteiger partial charge in [-0.25, -0.2) is 4.39 Å². The molecule has 1 nitrogen and oxygen atoms in total. The monoisotopic (exact) mass is 265 g/mol. The Morgan fingerprint density at radius 1 is 1.16 bits per heavy atom. The molecule has 2 heteroatoms. The topological polar surface area (TPSA) is 12.0 Å². The van der Waals surface area contributed by atoms with Crippen molar-refractivity contribution in [3.63, 3.8) is 0 Å². The molecule has 0 spiro atoms. The Hall–Kier alpha value is -0.890. The van der Waals surface area contributed by atoms with E-state index < -0.39 is 0 Å². The fraction of sp³-hybridized carbons (Fsp3) is 0.647. The van der Waals surface area contributed by atoms with E-state index in [2.05, 4.69) is 33.0 Å². The molecular formula is C17H28FN. The van der Waals surface area contributed by atoms with E-state index in [0.717, 1.165) is 19.4 Å². The summed E-state index contributed by atoms with van der Waals surface area (Å²) in [5.74, 6) is -0.160. The Balaban J connectivity index is 2.68. The molecule has 0 aromatic heterocycles. The normalized spacial score (nSPS) is 13.5. The molecule has 0 amide bonds. The minimum atomic E-state index is -0.160. The maximum atomic E-state index is 13.0. The number of hydrogen-bond donors (Lipinski definition) is 1. The smallest absolute Gasteiger partial charge is 0.123 e. The lowest BCUT2D eigenvalue weighted by molar-refractivity contribution is 0.303. The standard InChI is InChI=1S/C17H28FN/c1-5-7-8-16(19-13-17(3,4)6-2)14-9-11-15(18)12-10-14/h9-12,16,19H,5-8,13H2,1-4H3. The van der Waals surface area contributed by atoms with Crippen LogP contribution in [0.4, 0.5) is 4.39 Å². The van der Waals surface area contributed by atoms with Gasteiger partial charge in [0, 0.05) is 12.6 Å². The fourth-order valence-electron chi connectivity index (χ4n) is 2.01. The molecule has 0 aliphatic carbocycles. The zero-order chi connectivity index (χ0) is 14.3. The summed E-state index contributed by atoms with van der Waals surface area (Å²) >= 11 is 0. The number of hydrogen-bond acceptors (Lipinski definition) is 1. The number of halogens is 1. The molecule has 0 aliphatic rings. The molecule has 108 valence electrons. The van der Waals surface area contributed by atoms with Crippen molar-refractivity contribution in [1.29, 1.82) is 0 Å². The van der Waals surface area contributed by atoms with Gasteiger partial charge in [-0.2, -0.15) is 0 Å². The molecule has 1 unspecified atom stereocenters. The van der Waals surface area contributed by atoms with Crippen LogP contribution in [0, 0.1) is 11.2 Å². The molecule has 19 heavy (non-hydrogen) atoms. The second kappa shape index (κ2) is 7.64. The highest BCUT2D eigenvalue weighted by Gasteiger charge is 2.18. The molecule has 1 N–H and O–H groups in total. The van der Waals surface area contributed by atoms with Crippen molar-refractivity contribution in [1.82, 2.24) is 5.32 Å². The SMILES string of the molecule is CCCCC(NCC(C)(C)CC)c1ccc(F)cc1. The highest BCUT2D eigenvalue weighted by atomic mass is 19.1. The van der Waals surface area contributed by atoms with Gasteiger partial charge in [-0.1, -0.05) is 52.7 Å². The van der Waals surface area contributed by atoms with E-state index in [-0.39, 0.29) is 5.82 Å². The fourth-order valence-corrected chi connectivity index (χ4v) is 2.01. The first-order valence-corrected chi connectivity index (χ1v) is 7.47. The van der Waals surface area contributed by atoms with Crippen LogP contribution in [0.2, 0.25) is 0 Å². The summed E-state index contributed by atoms with van der Waals surface area (Å²) < 4.78 is 13.0. The quantitative estimate of drug-likeness (QED) is 0.691. The van der Waals surface area contributed by atoms with E-state index >= 15 is 0 Å². The van der Waals surface area contributed by atoms with Crippen molar-refractivity contribution in [2.75, 3.05) is 6.54 Å². The molecule has 0 radical (unpaired) electrons. The molecular weight excluding hydrogens is 237 g/mol. The van der Waals surface area contributed by atoms with Crippen LogP contribution >= 0.6 is 0 Å². The summed E-state index contributed by atoms with van der Waals surface area (Å²) in [7, 11) is 0. The summed E-state index contributed by atoms with van der Waals surface area (Å²) in [6.45, 7) is 9.98. The Kier molecular flexibility index (Phi) is 6.50. The van der Waals surface area contributed by atoms with Gasteiger partial charge in [0.15, 0.2) is 0 Å². The number of unbranched alkanes of at least 4 members (excludes halogenated alkanes) is 1. The third-order valence-electron chi connectivity index (χ3n) is 3.90. The third kappa shape index (κ3) is 5.73. The molecule has 0 heterocycles. The molecule has 0 aliphatic heterocycles. The lowest BCUT2D eigenvalue weighted by Gasteiger charge is -2.27. The lowest BCUT2D eigenvalue weighted by atomic mass is 9.89. The molecule has 0 bridgehead atoms. The maximum absolute atomic E-state index is 13.0. The van der Waals surface area contributed by atoms with Crippen LogP contribution in [-0.2, 0) is 0 Å². The summed E-state index contributed by atoms with van der Waals surface area (Å²) in [5.41, 5.74) is 1.51. The van der Waals surface area contributed by atoms with E-state index in [4.69, 9.17) is 0 Å². The maximum Gasteiger partial charge on any atom is 0.123 e. The Bertz CT molecular complexity index is 356. The minimum absolute atomic E-state index is 0.160. The Labute approximate surface area is 117 Å². The van der Waals surface area contributed by atoms with Crippen molar-refractivity contribution in [2.45, 2.75) is 59.4 Å². The average Bonchev–Trinajstić information content (AvgIpc) is 2.40. The number of rotatable bonds is 8. The molecule has 1 aromatic carbocycles. The minimum Gasteiger partial charge on any atom is -0.309 e. The summed E-state index contributed by atoms with van der Waals surface area (Å²) in [6.07, 6.45) is 4.66. The van der Waals surface area contributed by atoms with E-state index in [9.17, 15) is 4.39 Å². The van der Waals surface area contributed by atoms with Crippen molar-refractivity contribution in [3.05, 3.63) is 35.6 Å². The van der Waals surface area contributed by atoms with Crippen molar-refractivity contribution in [2.24, 2.45) is 5.41 Å². The number of benzene rings is 1. The molecule has 0 saturated heterocycles. The highest BCUT2D eigenvalue weighted by molar-refractivity contribution is 5.19. The van der Waals surface area contributed by atoms with E-state index in [1.54, 1.807) is 12.1 Å². The van der Waals surface area contributed by atoms with Crippen molar-refractivity contribution in [3.8, 4) is 0 Å². The summed E-state index contributed by atoms with van der Waals surface area (Å²) in [4.78, 5) is 0. The predicted octanol–water partition coefficient (Wildman–Crippen LogP) is 5.08. The zero-order valence-corrected chi connectivity index (χ0v) is 12.8.